The van der Waals surface area contributed by atoms with Crippen LogP contribution in [0.4, 0.5) is 0 Å². The van der Waals surface area contributed by atoms with Crippen LogP contribution in [0.5, 0.6) is 0 Å². The van der Waals surface area contributed by atoms with Crippen LogP contribution >= 0.6 is 0 Å². The zero-order valence-electron chi connectivity index (χ0n) is 29.2. The summed E-state index contributed by atoms with van der Waals surface area (Å²) in [6.45, 7) is 36.6. The zero-order chi connectivity index (χ0) is 29.2. The van der Waals surface area contributed by atoms with E-state index in [4.69, 9.17) is 0 Å². The second-order valence-electron chi connectivity index (χ2n) is 17.6. The fraction of sp³-hybridized carbons (Fsp3) is 1.00. The normalized spacial score (nSPS) is 60.2. The van der Waals surface area contributed by atoms with Crippen molar-refractivity contribution in [3.8, 4) is 0 Å². The predicted octanol–water partition coefficient (Wildman–Crippen LogP) is 11.4. The molecule has 6 saturated carbocycles. The van der Waals surface area contributed by atoms with Crippen molar-refractivity contribution in [3.63, 3.8) is 0 Å². The maximum absolute atomic E-state index is 2.59. The van der Waals surface area contributed by atoms with Crippen molar-refractivity contribution in [2.75, 3.05) is 0 Å². The van der Waals surface area contributed by atoms with E-state index in [-0.39, 0.29) is 0 Å². The lowest BCUT2D eigenvalue weighted by molar-refractivity contribution is -0.0211. The highest BCUT2D eigenvalue weighted by molar-refractivity contribution is 5.05. The van der Waals surface area contributed by atoms with Gasteiger partial charge >= 0.3 is 0 Å². The maximum atomic E-state index is 2.59. The summed E-state index contributed by atoms with van der Waals surface area (Å²) in [6.07, 6.45) is 4.65. The average molecular weight is 541 g/mol. The molecule has 0 radical (unpaired) electrons. The van der Waals surface area contributed by atoms with Gasteiger partial charge in [-0.1, -0.05) is 104 Å². The first-order chi connectivity index (χ1) is 18.1. The number of rotatable bonds is 6. The van der Waals surface area contributed by atoms with Crippen molar-refractivity contribution in [1.29, 1.82) is 0 Å². The van der Waals surface area contributed by atoms with E-state index in [1.54, 1.807) is 19.3 Å². The monoisotopic (exact) mass is 541 g/mol. The van der Waals surface area contributed by atoms with Gasteiger partial charge in [-0.15, -0.1) is 0 Å². The van der Waals surface area contributed by atoms with E-state index in [2.05, 4.69) is 104 Å². The summed E-state index contributed by atoms with van der Waals surface area (Å²) in [5.74, 6) is 21.3. The third-order valence-corrected chi connectivity index (χ3v) is 16.8. The highest BCUT2D eigenvalue weighted by atomic mass is 14.6. The molecule has 6 rings (SSSR count). The minimum absolute atomic E-state index is 0.970. The van der Waals surface area contributed by atoms with Crippen LogP contribution in [-0.4, -0.2) is 0 Å². The molecule has 0 bridgehead atoms. The maximum Gasteiger partial charge on any atom is -0.0352 e. The van der Waals surface area contributed by atoms with E-state index in [0.717, 1.165) is 124 Å². The smallest absolute Gasteiger partial charge is 0.0352 e. The molecule has 0 nitrogen and oxygen atoms in total. The van der Waals surface area contributed by atoms with E-state index in [0.29, 0.717) is 0 Å². The summed E-state index contributed by atoms with van der Waals surface area (Å²) < 4.78 is 0. The molecule has 6 aliphatic carbocycles. The molecule has 39 heavy (non-hydrogen) atoms. The minimum Gasteiger partial charge on any atom is -0.0620 e. The van der Waals surface area contributed by atoms with Crippen molar-refractivity contribution in [1.82, 2.24) is 0 Å². The molecule has 6 fully saturated rings. The topological polar surface area (TPSA) is 0 Å². The van der Waals surface area contributed by atoms with Gasteiger partial charge in [0.1, 0.15) is 0 Å². The van der Waals surface area contributed by atoms with Crippen LogP contribution in [0, 0.1) is 124 Å². The summed E-state index contributed by atoms with van der Waals surface area (Å²) >= 11 is 0. The fourth-order valence-electron chi connectivity index (χ4n) is 10.6. The third kappa shape index (κ3) is 6.08. The largest absolute Gasteiger partial charge is 0.0620 e. The van der Waals surface area contributed by atoms with Crippen molar-refractivity contribution in [2.45, 2.75) is 123 Å². The molecule has 0 aromatic rings. The van der Waals surface area contributed by atoms with Crippen LogP contribution in [0.25, 0.3) is 0 Å². The predicted molar refractivity (Wildman–Crippen MR) is 172 cm³/mol. The number of hydrogen-bond acceptors (Lipinski definition) is 0. The van der Waals surface area contributed by atoms with E-state index in [1.807, 2.05) is 0 Å². The van der Waals surface area contributed by atoms with Gasteiger partial charge in [0, 0.05) is 0 Å². The van der Waals surface area contributed by atoms with Gasteiger partial charge in [-0.3, -0.25) is 0 Å². The molecule has 228 valence electrons. The molecular formula is C39H72. The Bertz CT molecular complexity index is 718. The molecule has 0 heterocycles. The van der Waals surface area contributed by atoms with Gasteiger partial charge < -0.3 is 0 Å². The first-order valence-corrected chi connectivity index (χ1v) is 18.1. The molecular weight excluding hydrogens is 468 g/mol. The van der Waals surface area contributed by atoms with Gasteiger partial charge in [0.15, 0.2) is 0 Å². The lowest BCUT2D eigenvalue weighted by Gasteiger charge is -2.51. The van der Waals surface area contributed by atoms with Gasteiger partial charge in [-0.25, -0.2) is 0 Å². The van der Waals surface area contributed by atoms with Gasteiger partial charge in [0.05, 0.1) is 0 Å². The van der Waals surface area contributed by atoms with E-state index >= 15 is 0 Å². The van der Waals surface area contributed by atoms with Gasteiger partial charge in [0.25, 0.3) is 0 Å². The fourth-order valence-corrected chi connectivity index (χ4v) is 10.6. The van der Waals surface area contributed by atoms with Crippen LogP contribution < -0.4 is 0 Å². The second kappa shape index (κ2) is 11.9. The van der Waals surface area contributed by atoms with Gasteiger partial charge in [-0.05, 0) is 144 Å². The molecule has 0 aliphatic heterocycles. The molecule has 0 spiro atoms. The Morgan fingerprint density at radius 2 is 0.333 bits per heavy atom. The van der Waals surface area contributed by atoms with E-state index < -0.39 is 0 Å². The van der Waals surface area contributed by atoms with Gasteiger partial charge in [-0.2, -0.15) is 0 Å². The highest BCUT2D eigenvalue weighted by Crippen LogP contribution is 2.63. The van der Waals surface area contributed by atoms with Crippen LogP contribution in [0.3, 0.4) is 0 Å². The Morgan fingerprint density at radius 3 is 0.590 bits per heavy atom. The molecule has 0 N–H and O–H groups in total. The first-order valence-electron chi connectivity index (χ1n) is 18.1. The highest BCUT2D eigenvalue weighted by Gasteiger charge is 2.56. The molecule has 0 aromatic carbocycles. The summed E-state index contributed by atoms with van der Waals surface area (Å²) in [5, 5.41) is 0. The molecule has 10 atom stereocenters. The quantitative estimate of drug-likeness (QED) is 0.314. The summed E-state index contributed by atoms with van der Waals surface area (Å²) in [5.41, 5.74) is 0. The van der Waals surface area contributed by atoms with E-state index in [1.165, 1.54) is 0 Å². The average Bonchev–Trinajstić information content (AvgIpc) is 3.86. The van der Waals surface area contributed by atoms with Crippen molar-refractivity contribution in [3.05, 3.63) is 0 Å². The molecule has 0 aromatic heterocycles. The first kappa shape index (κ1) is 31.9. The standard InChI is InChI=1S/C25H44.C8H16.C6H12/c1-12-13(2)21(14(12)3)10-24-19(8)25(24)11-23-17(6)22(18(23)7)9-20-15(4)16(20)5;1-5-6(2)8(4)7(5)3;1-4-5(2)6(4)3/h12-25H,9-11H2,1-8H3;5-8H,1-4H3;4-6H,1-3H3/t12?,13?,14?,15-,16?,17?,18?,19?,20?,21?,22?,23?,24+,25-;;/m0../s1. The lowest BCUT2D eigenvalue weighted by Crippen LogP contribution is -2.44. The summed E-state index contributed by atoms with van der Waals surface area (Å²) in [7, 11) is 0. The summed E-state index contributed by atoms with van der Waals surface area (Å²) in [6, 6.07) is 0. The van der Waals surface area contributed by atoms with Crippen molar-refractivity contribution < 1.29 is 0 Å². The second-order valence-corrected chi connectivity index (χ2v) is 17.6. The van der Waals surface area contributed by atoms with Crippen molar-refractivity contribution >= 4 is 0 Å². The van der Waals surface area contributed by atoms with Gasteiger partial charge in [0.2, 0.25) is 0 Å². The third-order valence-electron chi connectivity index (χ3n) is 16.8. The number of hydrogen-bond donors (Lipinski definition) is 0. The van der Waals surface area contributed by atoms with Crippen molar-refractivity contribution in [2.24, 2.45) is 124 Å². The van der Waals surface area contributed by atoms with Crippen LogP contribution in [0.2, 0.25) is 0 Å². The molecule has 0 heteroatoms. The minimum atomic E-state index is 0.970. The Balaban J connectivity index is 0.000000205. The lowest BCUT2D eigenvalue weighted by atomic mass is 9.54. The molecule has 6 aliphatic rings. The Labute approximate surface area is 247 Å². The zero-order valence-corrected chi connectivity index (χ0v) is 29.2. The molecule has 7 unspecified atom stereocenters. The van der Waals surface area contributed by atoms with E-state index in [9.17, 15) is 0 Å². The van der Waals surface area contributed by atoms with Crippen LogP contribution in [0.15, 0.2) is 0 Å². The summed E-state index contributed by atoms with van der Waals surface area (Å²) in [4.78, 5) is 0. The van der Waals surface area contributed by atoms with Crippen LogP contribution in [-0.2, 0) is 0 Å². The molecule has 0 amide bonds. The molecule has 0 saturated heterocycles. The Hall–Kier alpha value is 0. The van der Waals surface area contributed by atoms with Crippen LogP contribution in [0.1, 0.15) is 123 Å². The Morgan fingerprint density at radius 1 is 0.179 bits per heavy atom. The SMILES string of the molecule is CC1C(C)C(C)C1C.CC1C(C)C(C[C@@H]2C(C)[C@@H]2CC2C(C)C(CC3C(C)[C@@H]3C)C2C)C1C.CC1C(C)C1C. The Kier molecular flexibility index (Phi) is 9.78.